The van der Waals surface area contributed by atoms with Crippen LogP contribution in [0.1, 0.15) is 51.5 Å². The second-order valence-electron chi connectivity index (χ2n) is 6.80. The fourth-order valence-corrected chi connectivity index (χ4v) is 3.22. The van der Waals surface area contributed by atoms with Crippen molar-refractivity contribution < 1.29 is 14.4 Å². The maximum absolute atomic E-state index is 12.6. The monoisotopic (exact) mass is 403 g/mol. The zero-order chi connectivity index (χ0) is 20.7. The first kappa shape index (κ1) is 21.7. The molecule has 0 aromatic heterocycles. The molecule has 28 heavy (non-hydrogen) atoms. The van der Waals surface area contributed by atoms with Crippen LogP contribution >= 0.6 is 11.6 Å². The lowest BCUT2D eigenvalue weighted by Crippen LogP contribution is -2.25. The standard InChI is InChI=1S/C21H26ClN3O3/c1-3-10-24-20(27)13(2)11-14-12-15(8-9-18(14)22)25-21(28)17-7-5-4-6-16(17)19(23)26/h8-9,11-12H,3-7,10H2,1-2H3,(H2,23,26)(H,24,27)(H,25,28). The van der Waals surface area contributed by atoms with E-state index < -0.39 is 5.91 Å². The van der Waals surface area contributed by atoms with E-state index in [1.54, 1.807) is 31.2 Å². The van der Waals surface area contributed by atoms with Gasteiger partial charge in [0.1, 0.15) is 0 Å². The molecule has 0 fully saturated rings. The summed E-state index contributed by atoms with van der Waals surface area (Å²) in [5.41, 5.74) is 7.93. The summed E-state index contributed by atoms with van der Waals surface area (Å²) in [6.07, 6.45) is 5.28. The first-order chi connectivity index (χ1) is 13.3. The van der Waals surface area contributed by atoms with Crippen molar-refractivity contribution in [2.24, 2.45) is 5.73 Å². The van der Waals surface area contributed by atoms with Crippen LogP contribution in [0, 0.1) is 0 Å². The maximum Gasteiger partial charge on any atom is 0.252 e. The van der Waals surface area contributed by atoms with Crippen LogP contribution in [0.4, 0.5) is 5.69 Å². The van der Waals surface area contributed by atoms with Crippen molar-refractivity contribution >= 4 is 41.1 Å². The summed E-state index contributed by atoms with van der Waals surface area (Å²) < 4.78 is 0. The highest BCUT2D eigenvalue weighted by atomic mass is 35.5. The number of hydrogen-bond donors (Lipinski definition) is 3. The van der Waals surface area contributed by atoms with Crippen molar-refractivity contribution in [3.8, 4) is 0 Å². The van der Waals surface area contributed by atoms with Gasteiger partial charge in [0.05, 0.1) is 0 Å². The molecule has 0 aliphatic heterocycles. The third-order valence-corrected chi connectivity index (χ3v) is 4.90. The van der Waals surface area contributed by atoms with Gasteiger partial charge in [-0.2, -0.15) is 0 Å². The number of carbonyl (C=O) groups is 3. The molecular formula is C21H26ClN3O3. The van der Waals surface area contributed by atoms with Crippen molar-refractivity contribution in [2.75, 3.05) is 11.9 Å². The van der Waals surface area contributed by atoms with E-state index in [9.17, 15) is 14.4 Å². The molecule has 0 radical (unpaired) electrons. The van der Waals surface area contributed by atoms with Crippen LogP contribution in [0.25, 0.3) is 6.08 Å². The quantitative estimate of drug-likeness (QED) is 0.606. The van der Waals surface area contributed by atoms with E-state index in [2.05, 4.69) is 10.6 Å². The first-order valence-corrected chi connectivity index (χ1v) is 9.80. The van der Waals surface area contributed by atoms with Gasteiger partial charge in [0.2, 0.25) is 11.8 Å². The third kappa shape index (κ3) is 5.70. The van der Waals surface area contributed by atoms with Gasteiger partial charge < -0.3 is 16.4 Å². The molecule has 0 saturated heterocycles. The minimum Gasteiger partial charge on any atom is -0.366 e. The molecule has 0 atom stereocenters. The number of hydrogen-bond acceptors (Lipinski definition) is 3. The molecular weight excluding hydrogens is 378 g/mol. The van der Waals surface area contributed by atoms with Crippen molar-refractivity contribution in [3.63, 3.8) is 0 Å². The zero-order valence-electron chi connectivity index (χ0n) is 16.2. The molecule has 0 heterocycles. The minimum absolute atomic E-state index is 0.161. The summed E-state index contributed by atoms with van der Waals surface area (Å²) in [5.74, 6) is -1.03. The molecule has 150 valence electrons. The Bertz CT molecular complexity index is 843. The molecule has 0 saturated carbocycles. The lowest BCUT2D eigenvalue weighted by Gasteiger charge is -2.18. The largest absolute Gasteiger partial charge is 0.366 e. The van der Waals surface area contributed by atoms with Gasteiger partial charge in [0.15, 0.2) is 0 Å². The summed E-state index contributed by atoms with van der Waals surface area (Å²) in [6, 6.07) is 5.03. The average Bonchev–Trinajstić information content (AvgIpc) is 2.68. The molecule has 1 aliphatic rings. The lowest BCUT2D eigenvalue weighted by atomic mass is 9.90. The predicted octanol–water partition coefficient (Wildman–Crippen LogP) is 3.56. The summed E-state index contributed by atoms with van der Waals surface area (Å²) >= 11 is 6.24. The SMILES string of the molecule is CCCNC(=O)C(C)=Cc1cc(NC(=O)C2=C(C(N)=O)CCCC2)ccc1Cl. The van der Waals surface area contributed by atoms with Crippen LogP contribution in [0.2, 0.25) is 5.02 Å². The van der Waals surface area contributed by atoms with Crippen LogP contribution in [0.3, 0.4) is 0 Å². The van der Waals surface area contributed by atoms with Crippen LogP contribution < -0.4 is 16.4 Å². The Balaban J connectivity index is 2.22. The molecule has 0 unspecified atom stereocenters. The van der Waals surface area contributed by atoms with Gasteiger partial charge in [-0.1, -0.05) is 18.5 Å². The number of carbonyl (C=O) groups excluding carboxylic acids is 3. The molecule has 6 nitrogen and oxygen atoms in total. The third-order valence-electron chi connectivity index (χ3n) is 4.56. The van der Waals surface area contributed by atoms with Crippen molar-refractivity contribution in [1.82, 2.24) is 5.32 Å². The molecule has 4 N–H and O–H groups in total. The summed E-state index contributed by atoms with van der Waals surface area (Å²) in [7, 11) is 0. The van der Waals surface area contributed by atoms with E-state index in [4.69, 9.17) is 17.3 Å². The van der Waals surface area contributed by atoms with Gasteiger partial charge in [-0.25, -0.2) is 0 Å². The Kier molecular flexibility index (Phi) is 7.81. The van der Waals surface area contributed by atoms with E-state index in [1.165, 1.54) is 0 Å². The minimum atomic E-state index is -0.543. The Hall–Kier alpha value is -2.60. The number of benzene rings is 1. The van der Waals surface area contributed by atoms with E-state index in [1.807, 2.05) is 6.92 Å². The number of primary amides is 1. The second-order valence-corrected chi connectivity index (χ2v) is 7.21. The number of nitrogens with two attached hydrogens (primary N) is 1. The molecule has 3 amide bonds. The van der Waals surface area contributed by atoms with Crippen molar-refractivity contribution in [3.05, 3.63) is 45.5 Å². The summed E-state index contributed by atoms with van der Waals surface area (Å²) in [5, 5.41) is 6.08. The summed E-state index contributed by atoms with van der Waals surface area (Å²) in [6.45, 7) is 4.29. The number of anilines is 1. The van der Waals surface area contributed by atoms with E-state index >= 15 is 0 Å². The van der Waals surface area contributed by atoms with E-state index in [0.717, 1.165) is 19.3 Å². The Morgan fingerprint density at radius 2 is 1.86 bits per heavy atom. The predicted molar refractivity (Wildman–Crippen MR) is 112 cm³/mol. The fourth-order valence-electron chi connectivity index (χ4n) is 3.04. The molecule has 2 rings (SSSR count). The van der Waals surface area contributed by atoms with Crippen LogP contribution in [-0.4, -0.2) is 24.3 Å². The number of nitrogens with one attached hydrogen (secondary N) is 2. The highest BCUT2D eigenvalue weighted by molar-refractivity contribution is 6.32. The Morgan fingerprint density at radius 3 is 2.50 bits per heavy atom. The molecule has 1 aromatic carbocycles. The second kappa shape index (κ2) is 10.1. The van der Waals surface area contributed by atoms with Crippen molar-refractivity contribution in [1.29, 1.82) is 0 Å². The zero-order valence-corrected chi connectivity index (χ0v) is 17.0. The van der Waals surface area contributed by atoms with Crippen molar-refractivity contribution in [2.45, 2.75) is 46.0 Å². The Labute approximate surface area is 170 Å². The van der Waals surface area contributed by atoms with Gasteiger partial charge in [-0.3, -0.25) is 14.4 Å². The fraction of sp³-hybridized carbons (Fsp3) is 0.381. The molecule has 1 aromatic rings. The smallest absolute Gasteiger partial charge is 0.252 e. The van der Waals surface area contributed by atoms with Gasteiger partial charge in [-0.15, -0.1) is 0 Å². The average molecular weight is 404 g/mol. The van der Waals surface area contributed by atoms with Gasteiger partial charge in [0.25, 0.3) is 5.91 Å². The highest BCUT2D eigenvalue weighted by Gasteiger charge is 2.22. The van der Waals surface area contributed by atoms with Crippen LogP contribution in [0.15, 0.2) is 34.9 Å². The topological polar surface area (TPSA) is 101 Å². The van der Waals surface area contributed by atoms with E-state index in [0.29, 0.717) is 52.4 Å². The molecule has 7 heteroatoms. The molecule has 1 aliphatic carbocycles. The Morgan fingerprint density at radius 1 is 1.18 bits per heavy atom. The number of halogens is 1. The first-order valence-electron chi connectivity index (χ1n) is 9.42. The normalized spacial score (nSPS) is 14.6. The van der Waals surface area contributed by atoms with Crippen LogP contribution in [0.5, 0.6) is 0 Å². The highest BCUT2D eigenvalue weighted by Crippen LogP contribution is 2.27. The lowest BCUT2D eigenvalue weighted by molar-refractivity contribution is -0.117. The summed E-state index contributed by atoms with van der Waals surface area (Å²) in [4.78, 5) is 36.3. The van der Waals surface area contributed by atoms with Crippen LogP contribution in [-0.2, 0) is 14.4 Å². The van der Waals surface area contributed by atoms with Gasteiger partial charge >= 0.3 is 0 Å². The van der Waals surface area contributed by atoms with Gasteiger partial charge in [0, 0.05) is 34.0 Å². The van der Waals surface area contributed by atoms with E-state index in [-0.39, 0.29) is 11.8 Å². The maximum atomic E-state index is 12.6. The molecule has 0 spiro atoms. The van der Waals surface area contributed by atoms with Gasteiger partial charge in [-0.05, 0) is 68.9 Å². The molecule has 0 bridgehead atoms. The number of amides is 3. The number of rotatable bonds is 7.